The number of aromatic nitrogens is 1. The van der Waals surface area contributed by atoms with Crippen molar-refractivity contribution in [2.24, 2.45) is 0 Å². The van der Waals surface area contributed by atoms with Crippen LogP contribution in [-0.4, -0.2) is 30.1 Å². The molecule has 2 heterocycles. The highest BCUT2D eigenvalue weighted by atomic mass is 79.9. The molecular formula is C10H9BrN2O4. The second-order valence-electron chi connectivity index (χ2n) is 3.36. The van der Waals surface area contributed by atoms with Gasteiger partial charge in [0.25, 0.3) is 5.91 Å². The van der Waals surface area contributed by atoms with Crippen LogP contribution in [0.3, 0.4) is 0 Å². The number of hydrogen-bond donors (Lipinski definition) is 1. The van der Waals surface area contributed by atoms with Crippen molar-refractivity contribution in [2.45, 2.75) is 12.5 Å². The molecule has 1 amide bonds. The molecule has 0 aliphatic carbocycles. The van der Waals surface area contributed by atoms with Crippen LogP contribution in [-0.2, 0) is 14.3 Å². The van der Waals surface area contributed by atoms with Crippen LogP contribution >= 0.6 is 15.9 Å². The van der Waals surface area contributed by atoms with Gasteiger partial charge >= 0.3 is 5.97 Å². The molecule has 0 saturated carbocycles. The minimum atomic E-state index is -0.877. The third kappa shape index (κ3) is 2.55. The summed E-state index contributed by atoms with van der Waals surface area (Å²) in [4.78, 5) is 26.7. The second-order valence-corrected chi connectivity index (χ2v) is 4.17. The highest BCUT2D eigenvalue weighted by molar-refractivity contribution is 9.10. The molecule has 1 N–H and O–H groups in total. The fraction of sp³-hybridized carbons (Fsp3) is 0.300. The van der Waals surface area contributed by atoms with Gasteiger partial charge < -0.3 is 14.8 Å². The number of ether oxygens (including phenoxy) is 2. The van der Waals surface area contributed by atoms with E-state index in [1.54, 1.807) is 12.1 Å². The minimum absolute atomic E-state index is 0.127. The quantitative estimate of drug-likeness (QED) is 0.654. The predicted octanol–water partition coefficient (Wildman–Crippen LogP) is 1.11. The molecule has 0 radical (unpaired) electrons. The van der Waals surface area contributed by atoms with Crippen LogP contribution in [0.1, 0.15) is 6.42 Å². The number of methoxy groups -OCH3 is 1. The lowest BCUT2D eigenvalue weighted by Crippen LogP contribution is -2.39. The van der Waals surface area contributed by atoms with Gasteiger partial charge in [0.05, 0.1) is 13.5 Å². The molecule has 0 aromatic carbocycles. The van der Waals surface area contributed by atoms with Crippen molar-refractivity contribution in [1.29, 1.82) is 0 Å². The number of anilines is 1. The van der Waals surface area contributed by atoms with Crippen LogP contribution in [0.25, 0.3) is 0 Å². The number of nitrogens with one attached hydrogen (secondary N) is 1. The number of amides is 1. The van der Waals surface area contributed by atoms with E-state index in [0.29, 0.717) is 16.2 Å². The van der Waals surface area contributed by atoms with E-state index in [0.717, 1.165) is 0 Å². The van der Waals surface area contributed by atoms with Crippen molar-refractivity contribution < 1.29 is 19.1 Å². The molecular weight excluding hydrogens is 292 g/mol. The maximum atomic E-state index is 11.6. The number of fused-ring (bicyclic) bond motifs is 1. The number of carbonyl (C=O) groups is 2. The minimum Gasteiger partial charge on any atom is -0.476 e. The third-order valence-corrected chi connectivity index (χ3v) is 2.65. The Morgan fingerprint density at radius 1 is 1.65 bits per heavy atom. The van der Waals surface area contributed by atoms with Crippen molar-refractivity contribution >= 4 is 33.6 Å². The molecule has 0 spiro atoms. The Morgan fingerprint density at radius 2 is 2.41 bits per heavy atom. The van der Waals surface area contributed by atoms with Crippen LogP contribution < -0.4 is 10.1 Å². The zero-order valence-electron chi connectivity index (χ0n) is 8.90. The van der Waals surface area contributed by atoms with Crippen molar-refractivity contribution in [3.8, 4) is 5.75 Å². The molecule has 1 atom stereocenters. The lowest BCUT2D eigenvalue weighted by Gasteiger charge is -2.24. The van der Waals surface area contributed by atoms with Gasteiger partial charge in [-0.15, -0.1) is 0 Å². The molecule has 1 aromatic heterocycles. The van der Waals surface area contributed by atoms with E-state index >= 15 is 0 Å². The van der Waals surface area contributed by atoms with Gasteiger partial charge in [-0.25, -0.2) is 4.98 Å². The van der Waals surface area contributed by atoms with Crippen LogP contribution in [0.15, 0.2) is 16.7 Å². The van der Waals surface area contributed by atoms with Gasteiger partial charge in [0.15, 0.2) is 17.7 Å². The Balaban J connectivity index is 2.18. The Kier molecular flexibility index (Phi) is 3.28. The summed E-state index contributed by atoms with van der Waals surface area (Å²) in [7, 11) is 1.26. The predicted molar refractivity (Wildman–Crippen MR) is 61.6 cm³/mol. The van der Waals surface area contributed by atoms with Crippen LogP contribution in [0.5, 0.6) is 5.75 Å². The van der Waals surface area contributed by atoms with E-state index in [2.05, 4.69) is 31.0 Å². The topological polar surface area (TPSA) is 77.5 Å². The average molecular weight is 301 g/mol. The van der Waals surface area contributed by atoms with Gasteiger partial charge in [0.2, 0.25) is 0 Å². The first-order valence-electron chi connectivity index (χ1n) is 4.81. The van der Waals surface area contributed by atoms with E-state index in [-0.39, 0.29) is 6.42 Å². The lowest BCUT2D eigenvalue weighted by atomic mass is 10.2. The fourth-order valence-corrected chi connectivity index (χ4v) is 1.69. The number of hydrogen-bond acceptors (Lipinski definition) is 5. The number of rotatable bonds is 2. The summed E-state index contributed by atoms with van der Waals surface area (Å²) < 4.78 is 10.5. The molecule has 1 aromatic rings. The molecule has 2 rings (SSSR count). The first kappa shape index (κ1) is 11.8. The summed E-state index contributed by atoms with van der Waals surface area (Å²) in [6.45, 7) is 0. The highest BCUT2D eigenvalue weighted by Gasteiger charge is 2.30. The number of pyridine rings is 1. The van der Waals surface area contributed by atoms with Crippen molar-refractivity contribution in [2.75, 3.05) is 12.4 Å². The smallest absolute Gasteiger partial charge is 0.309 e. The van der Waals surface area contributed by atoms with Crippen LogP contribution in [0.2, 0.25) is 0 Å². The monoisotopic (exact) mass is 300 g/mol. The van der Waals surface area contributed by atoms with Crippen molar-refractivity contribution in [3.05, 3.63) is 16.7 Å². The van der Waals surface area contributed by atoms with Gasteiger partial charge in [-0.2, -0.15) is 0 Å². The van der Waals surface area contributed by atoms with E-state index in [1.165, 1.54) is 7.11 Å². The SMILES string of the molecule is COC(=O)CC1Oc2ccc(Br)nc2NC1=O. The number of nitrogens with zero attached hydrogens (tertiary/aromatic N) is 1. The van der Waals surface area contributed by atoms with Gasteiger partial charge in [-0.1, -0.05) is 0 Å². The number of carbonyl (C=O) groups excluding carboxylic acids is 2. The maximum absolute atomic E-state index is 11.6. The Morgan fingerprint density at radius 3 is 3.12 bits per heavy atom. The molecule has 1 unspecified atom stereocenters. The van der Waals surface area contributed by atoms with E-state index in [1.807, 2.05) is 0 Å². The first-order valence-corrected chi connectivity index (χ1v) is 5.60. The third-order valence-electron chi connectivity index (χ3n) is 2.21. The second kappa shape index (κ2) is 4.70. The summed E-state index contributed by atoms with van der Waals surface area (Å²) in [5, 5.41) is 2.57. The van der Waals surface area contributed by atoms with Crippen LogP contribution in [0.4, 0.5) is 5.82 Å². The Hall–Kier alpha value is -1.63. The van der Waals surface area contributed by atoms with Gasteiger partial charge in [0, 0.05) is 0 Å². The lowest BCUT2D eigenvalue weighted by molar-refractivity contribution is -0.145. The summed E-state index contributed by atoms with van der Waals surface area (Å²) in [5.41, 5.74) is 0. The van der Waals surface area contributed by atoms with Gasteiger partial charge in [-0.3, -0.25) is 9.59 Å². The Bertz CT molecular complexity index is 477. The number of halogens is 1. The standard InChI is InChI=1S/C10H9BrN2O4/c1-16-8(14)4-6-10(15)13-9-5(17-6)2-3-7(11)12-9/h2-3,6H,4H2,1H3,(H,12,13,15). The average Bonchev–Trinajstić information content (AvgIpc) is 2.30. The van der Waals surface area contributed by atoms with E-state index < -0.39 is 18.0 Å². The van der Waals surface area contributed by atoms with Gasteiger partial charge in [0.1, 0.15) is 4.60 Å². The summed E-state index contributed by atoms with van der Waals surface area (Å²) >= 11 is 3.18. The van der Waals surface area contributed by atoms with E-state index in [4.69, 9.17) is 4.74 Å². The summed E-state index contributed by atoms with van der Waals surface area (Å²) in [5.74, 6) is -0.139. The fourth-order valence-electron chi connectivity index (χ4n) is 1.38. The maximum Gasteiger partial charge on any atom is 0.309 e. The molecule has 0 fully saturated rings. The summed E-state index contributed by atoms with van der Waals surface area (Å²) in [6, 6.07) is 3.35. The van der Waals surface area contributed by atoms with Crippen LogP contribution in [0, 0.1) is 0 Å². The molecule has 1 aliphatic heterocycles. The first-order chi connectivity index (χ1) is 8.10. The zero-order valence-corrected chi connectivity index (χ0v) is 10.5. The van der Waals surface area contributed by atoms with Crippen molar-refractivity contribution in [3.63, 3.8) is 0 Å². The number of esters is 1. The highest BCUT2D eigenvalue weighted by Crippen LogP contribution is 2.29. The molecule has 0 bridgehead atoms. The normalized spacial score (nSPS) is 17.8. The zero-order chi connectivity index (χ0) is 12.4. The molecule has 7 heteroatoms. The summed E-state index contributed by atoms with van der Waals surface area (Å²) in [6.07, 6.45) is -1.00. The molecule has 17 heavy (non-hydrogen) atoms. The largest absolute Gasteiger partial charge is 0.476 e. The van der Waals surface area contributed by atoms with Gasteiger partial charge in [-0.05, 0) is 28.1 Å². The molecule has 0 saturated heterocycles. The molecule has 6 nitrogen and oxygen atoms in total. The molecule has 1 aliphatic rings. The van der Waals surface area contributed by atoms with E-state index in [9.17, 15) is 9.59 Å². The van der Waals surface area contributed by atoms with Crippen molar-refractivity contribution in [1.82, 2.24) is 4.98 Å². The Labute approximate surface area is 105 Å². The molecule has 90 valence electrons.